The predicted octanol–water partition coefficient (Wildman–Crippen LogP) is 2.66. The molecule has 84 valence electrons. The average Bonchev–Trinajstić information content (AvgIpc) is 2.79. The molecule has 15 heavy (non-hydrogen) atoms. The van der Waals surface area contributed by atoms with Crippen molar-refractivity contribution in [2.45, 2.75) is 26.3 Å². The maximum Gasteiger partial charge on any atom is 0.0513 e. The van der Waals surface area contributed by atoms with Crippen LogP contribution in [0.1, 0.15) is 27.8 Å². The topological polar surface area (TPSA) is 21.3 Å². The molecule has 2 unspecified atom stereocenters. The molecule has 0 bridgehead atoms. The van der Waals surface area contributed by atoms with Crippen LogP contribution >= 0.6 is 11.3 Å². The number of ether oxygens (including phenoxy) is 1. The molecule has 2 nitrogen and oxygen atoms in total. The summed E-state index contributed by atoms with van der Waals surface area (Å²) in [7, 11) is 2.05. The van der Waals surface area contributed by atoms with Crippen molar-refractivity contribution in [3.63, 3.8) is 0 Å². The standard InChI is InChI=1S/C12H19NOS/c1-8-6-9(2)15-12(8)11(13-3)10-4-5-14-7-10/h6,10-11,13H,4-5,7H2,1-3H3. The third-order valence-corrected chi connectivity index (χ3v) is 4.34. The highest BCUT2D eigenvalue weighted by Crippen LogP contribution is 2.35. The number of nitrogens with one attached hydrogen (secondary N) is 1. The van der Waals surface area contributed by atoms with Crippen molar-refractivity contribution in [3.8, 4) is 0 Å². The Kier molecular flexibility index (Phi) is 3.44. The van der Waals surface area contributed by atoms with Gasteiger partial charge in [-0.1, -0.05) is 0 Å². The molecule has 0 radical (unpaired) electrons. The van der Waals surface area contributed by atoms with Crippen LogP contribution in [0.3, 0.4) is 0 Å². The van der Waals surface area contributed by atoms with Gasteiger partial charge in [0.05, 0.1) is 6.61 Å². The van der Waals surface area contributed by atoms with Crippen LogP contribution in [-0.4, -0.2) is 20.3 Å². The van der Waals surface area contributed by atoms with Gasteiger partial charge in [-0.3, -0.25) is 0 Å². The third-order valence-electron chi connectivity index (χ3n) is 3.11. The smallest absolute Gasteiger partial charge is 0.0513 e. The van der Waals surface area contributed by atoms with Gasteiger partial charge in [-0.05, 0) is 38.9 Å². The predicted molar refractivity (Wildman–Crippen MR) is 64.5 cm³/mol. The van der Waals surface area contributed by atoms with Crippen LogP contribution < -0.4 is 5.32 Å². The van der Waals surface area contributed by atoms with E-state index < -0.39 is 0 Å². The zero-order valence-electron chi connectivity index (χ0n) is 9.67. The molecule has 1 aliphatic rings. The van der Waals surface area contributed by atoms with Crippen molar-refractivity contribution in [3.05, 3.63) is 21.4 Å². The molecular formula is C12H19NOS. The molecule has 1 aromatic rings. The lowest BCUT2D eigenvalue weighted by molar-refractivity contribution is 0.178. The monoisotopic (exact) mass is 225 g/mol. The summed E-state index contributed by atoms with van der Waals surface area (Å²) >= 11 is 1.92. The lowest BCUT2D eigenvalue weighted by Crippen LogP contribution is -2.25. The second kappa shape index (κ2) is 4.64. The fourth-order valence-corrected chi connectivity index (χ4v) is 3.60. The van der Waals surface area contributed by atoms with E-state index in [2.05, 4.69) is 32.3 Å². The van der Waals surface area contributed by atoms with Crippen molar-refractivity contribution in [1.29, 1.82) is 0 Å². The molecule has 1 N–H and O–H groups in total. The largest absolute Gasteiger partial charge is 0.381 e. The van der Waals surface area contributed by atoms with E-state index in [0.29, 0.717) is 12.0 Å². The van der Waals surface area contributed by atoms with Gasteiger partial charge < -0.3 is 10.1 Å². The van der Waals surface area contributed by atoms with E-state index in [4.69, 9.17) is 4.74 Å². The minimum absolute atomic E-state index is 0.478. The van der Waals surface area contributed by atoms with Crippen LogP contribution in [0.25, 0.3) is 0 Å². The Morgan fingerprint density at radius 2 is 2.33 bits per heavy atom. The summed E-state index contributed by atoms with van der Waals surface area (Å²) in [4.78, 5) is 2.90. The molecule has 0 amide bonds. The summed E-state index contributed by atoms with van der Waals surface area (Å²) in [5.74, 6) is 0.645. The molecule has 1 fully saturated rings. The fourth-order valence-electron chi connectivity index (χ4n) is 2.36. The van der Waals surface area contributed by atoms with Gasteiger partial charge in [-0.2, -0.15) is 0 Å². The summed E-state index contributed by atoms with van der Waals surface area (Å²) in [6.45, 7) is 6.21. The highest BCUT2D eigenvalue weighted by Gasteiger charge is 2.27. The molecule has 1 aliphatic heterocycles. The molecule has 2 atom stereocenters. The number of hydrogen-bond donors (Lipinski definition) is 1. The lowest BCUT2D eigenvalue weighted by Gasteiger charge is -2.21. The van der Waals surface area contributed by atoms with Gasteiger partial charge in [-0.15, -0.1) is 11.3 Å². The van der Waals surface area contributed by atoms with Crippen molar-refractivity contribution < 1.29 is 4.74 Å². The SMILES string of the molecule is CNC(c1sc(C)cc1C)C1CCOC1. The summed E-state index contributed by atoms with van der Waals surface area (Å²) < 4.78 is 5.47. The highest BCUT2D eigenvalue weighted by atomic mass is 32.1. The van der Waals surface area contributed by atoms with E-state index in [0.717, 1.165) is 13.2 Å². The van der Waals surface area contributed by atoms with Gasteiger partial charge in [-0.25, -0.2) is 0 Å². The molecule has 0 aromatic carbocycles. The Hall–Kier alpha value is -0.380. The van der Waals surface area contributed by atoms with Crippen molar-refractivity contribution in [2.75, 3.05) is 20.3 Å². The van der Waals surface area contributed by atoms with Gasteiger partial charge in [0, 0.05) is 28.3 Å². The number of aryl methyl sites for hydroxylation is 2. The van der Waals surface area contributed by atoms with Gasteiger partial charge in [0.1, 0.15) is 0 Å². The maximum atomic E-state index is 5.47. The molecular weight excluding hydrogens is 206 g/mol. The van der Waals surface area contributed by atoms with Crippen LogP contribution in [0, 0.1) is 19.8 Å². The number of thiophene rings is 1. The summed E-state index contributed by atoms with van der Waals surface area (Å²) in [5, 5.41) is 3.44. The van der Waals surface area contributed by atoms with Crippen molar-refractivity contribution in [1.82, 2.24) is 5.32 Å². The van der Waals surface area contributed by atoms with Crippen molar-refractivity contribution >= 4 is 11.3 Å². The first-order valence-electron chi connectivity index (χ1n) is 5.54. The molecule has 1 saturated heterocycles. The first-order chi connectivity index (χ1) is 7.22. The average molecular weight is 225 g/mol. The van der Waals surface area contributed by atoms with Gasteiger partial charge in [0.15, 0.2) is 0 Å². The zero-order valence-corrected chi connectivity index (χ0v) is 10.5. The normalized spacial score (nSPS) is 23.3. The lowest BCUT2D eigenvalue weighted by atomic mass is 9.96. The quantitative estimate of drug-likeness (QED) is 0.854. The molecule has 0 spiro atoms. The minimum Gasteiger partial charge on any atom is -0.381 e. The van der Waals surface area contributed by atoms with E-state index in [1.807, 2.05) is 11.3 Å². The molecule has 2 rings (SSSR count). The molecule has 0 aliphatic carbocycles. The van der Waals surface area contributed by atoms with Gasteiger partial charge in [0.25, 0.3) is 0 Å². The van der Waals surface area contributed by atoms with Crippen LogP contribution in [0.4, 0.5) is 0 Å². The van der Waals surface area contributed by atoms with E-state index in [9.17, 15) is 0 Å². The summed E-state index contributed by atoms with van der Waals surface area (Å²) in [6.07, 6.45) is 1.18. The molecule has 3 heteroatoms. The second-order valence-electron chi connectivity index (χ2n) is 4.29. The third kappa shape index (κ3) is 2.25. The summed E-state index contributed by atoms with van der Waals surface area (Å²) in [5.41, 5.74) is 1.42. The second-order valence-corrected chi connectivity index (χ2v) is 5.58. The Labute approximate surface area is 95.6 Å². The van der Waals surface area contributed by atoms with E-state index in [1.54, 1.807) is 0 Å². The first kappa shape index (κ1) is 11.1. The van der Waals surface area contributed by atoms with E-state index in [1.165, 1.54) is 21.7 Å². The van der Waals surface area contributed by atoms with Crippen LogP contribution in [0.5, 0.6) is 0 Å². The van der Waals surface area contributed by atoms with Crippen LogP contribution in [0.2, 0.25) is 0 Å². The Morgan fingerprint density at radius 3 is 2.80 bits per heavy atom. The van der Waals surface area contributed by atoms with E-state index in [-0.39, 0.29) is 0 Å². The summed E-state index contributed by atoms with van der Waals surface area (Å²) in [6, 6.07) is 2.76. The zero-order chi connectivity index (χ0) is 10.8. The van der Waals surface area contributed by atoms with E-state index >= 15 is 0 Å². The van der Waals surface area contributed by atoms with Gasteiger partial charge in [0.2, 0.25) is 0 Å². The Morgan fingerprint density at radius 1 is 1.53 bits per heavy atom. The fraction of sp³-hybridized carbons (Fsp3) is 0.667. The van der Waals surface area contributed by atoms with Crippen LogP contribution in [0.15, 0.2) is 6.07 Å². The minimum atomic E-state index is 0.478. The maximum absolute atomic E-state index is 5.47. The van der Waals surface area contributed by atoms with Crippen molar-refractivity contribution in [2.24, 2.45) is 5.92 Å². The first-order valence-corrected chi connectivity index (χ1v) is 6.36. The number of hydrogen-bond acceptors (Lipinski definition) is 3. The molecule has 0 saturated carbocycles. The van der Waals surface area contributed by atoms with Crippen LogP contribution in [-0.2, 0) is 4.74 Å². The van der Waals surface area contributed by atoms with Gasteiger partial charge >= 0.3 is 0 Å². The Bertz CT molecular complexity index is 328. The number of rotatable bonds is 3. The highest BCUT2D eigenvalue weighted by molar-refractivity contribution is 7.12. The Balaban J connectivity index is 2.21. The molecule has 1 aromatic heterocycles. The molecule has 2 heterocycles.